The lowest BCUT2D eigenvalue weighted by Gasteiger charge is -2.15. The molecule has 27 heavy (non-hydrogen) atoms. The fraction of sp³-hybridized carbons (Fsp3) is 0.316. The SMILES string of the molecule is CCOc1ccccc1OCC(=O)Nc1cc(S(=O)(=O)N(C)C)ccc1C. The molecule has 0 radical (unpaired) electrons. The Bertz CT molecular complexity index is 910. The van der Waals surface area contributed by atoms with Crippen LogP contribution in [0.4, 0.5) is 5.69 Å². The molecule has 146 valence electrons. The summed E-state index contributed by atoms with van der Waals surface area (Å²) >= 11 is 0. The van der Waals surface area contributed by atoms with E-state index in [1.807, 2.05) is 13.0 Å². The van der Waals surface area contributed by atoms with E-state index >= 15 is 0 Å². The van der Waals surface area contributed by atoms with Gasteiger partial charge < -0.3 is 14.8 Å². The molecule has 0 heterocycles. The molecule has 2 aromatic rings. The molecular weight excluding hydrogens is 368 g/mol. The molecule has 7 nitrogen and oxygen atoms in total. The molecule has 0 aliphatic rings. The predicted molar refractivity (Wildman–Crippen MR) is 104 cm³/mol. The van der Waals surface area contributed by atoms with Crippen LogP contribution in [0.1, 0.15) is 12.5 Å². The molecule has 2 aromatic carbocycles. The molecule has 2 rings (SSSR count). The zero-order chi connectivity index (χ0) is 20.0. The Hall–Kier alpha value is -2.58. The molecule has 1 amide bonds. The second-order valence-corrected chi connectivity index (χ2v) is 8.13. The molecule has 1 N–H and O–H groups in total. The van der Waals surface area contributed by atoms with E-state index in [-0.39, 0.29) is 11.5 Å². The Morgan fingerprint density at radius 3 is 2.30 bits per heavy atom. The number of carbonyl (C=O) groups is 1. The Balaban J connectivity index is 2.10. The third-order valence-electron chi connectivity index (χ3n) is 3.77. The minimum Gasteiger partial charge on any atom is -0.490 e. The van der Waals surface area contributed by atoms with Gasteiger partial charge in [0.05, 0.1) is 11.5 Å². The third kappa shape index (κ3) is 5.21. The van der Waals surface area contributed by atoms with Gasteiger partial charge in [0.15, 0.2) is 18.1 Å². The van der Waals surface area contributed by atoms with Gasteiger partial charge in [0, 0.05) is 19.8 Å². The van der Waals surface area contributed by atoms with Gasteiger partial charge in [-0.1, -0.05) is 18.2 Å². The number of hydrogen-bond acceptors (Lipinski definition) is 5. The Kier molecular flexibility index (Phi) is 6.81. The summed E-state index contributed by atoms with van der Waals surface area (Å²) in [5.74, 6) is 0.627. The van der Waals surface area contributed by atoms with Crippen LogP contribution in [0.3, 0.4) is 0 Å². The van der Waals surface area contributed by atoms with Crippen LogP contribution < -0.4 is 14.8 Å². The van der Waals surface area contributed by atoms with Gasteiger partial charge >= 0.3 is 0 Å². The van der Waals surface area contributed by atoms with E-state index in [0.717, 1.165) is 9.87 Å². The lowest BCUT2D eigenvalue weighted by Crippen LogP contribution is -2.23. The number of ether oxygens (including phenoxy) is 2. The number of sulfonamides is 1. The number of hydrogen-bond donors (Lipinski definition) is 1. The average Bonchev–Trinajstić information content (AvgIpc) is 2.62. The number of amides is 1. The van der Waals surface area contributed by atoms with Crippen LogP contribution in [-0.4, -0.2) is 45.9 Å². The van der Waals surface area contributed by atoms with Crippen LogP contribution >= 0.6 is 0 Å². The number of anilines is 1. The van der Waals surface area contributed by atoms with Crippen molar-refractivity contribution in [2.45, 2.75) is 18.7 Å². The Morgan fingerprint density at radius 2 is 1.70 bits per heavy atom. The smallest absolute Gasteiger partial charge is 0.262 e. The van der Waals surface area contributed by atoms with Crippen LogP contribution in [0.25, 0.3) is 0 Å². The molecule has 0 bridgehead atoms. The van der Waals surface area contributed by atoms with Gasteiger partial charge in [-0.3, -0.25) is 4.79 Å². The monoisotopic (exact) mass is 392 g/mol. The van der Waals surface area contributed by atoms with Gasteiger partial charge in [0.25, 0.3) is 5.91 Å². The van der Waals surface area contributed by atoms with Crippen LogP contribution in [0.5, 0.6) is 11.5 Å². The van der Waals surface area contributed by atoms with Crippen molar-refractivity contribution in [3.05, 3.63) is 48.0 Å². The minimum absolute atomic E-state index is 0.107. The van der Waals surface area contributed by atoms with E-state index in [0.29, 0.717) is 23.8 Å². The number of rotatable bonds is 8. The zero-order valence-corrected chi connectivity index (χ0v) is 16.7. The fourth-order valence-electron chi connectivity index (χ4n) is 2.28. The van der Waals surface area contributed by atoms with Gasteiger partial charge in [-0.05, 0) is 43.7 Å². The van der Waals surface area contributed by atoms with Crippen LogP contribution in [-0.2, 0) is 14.8 Å². The van der Waals surface area contributed by atoms with Crippen molar-refractivity contribution in [2.75, 3.05) is 32.6 Å². The van der Waals surface area contributed by atoms with Gasteiger partial charge in [0.1, 0.15) is 0 Å². The van der Waals surface area contributed by atoms with Crippen LogP contribution in [0.2, 0.25) is 0 Å². The summed E-state index contributed by atoms with van der Waals surface area (Å²) in [6.07, 6.45) is 0. The molecular formula is C19H24N2O5S. The van der Waals surface area contributed by atoms with E-state index in [2.05, 4.69) is 5.32 Å². The second kappa shape index (κ2) is 8.88. The molecule has 0 aromatic heterocycles. The molecule has 0 aliphatic carbocycles. The van der Waals surface area contributed by atoms with Crippen LogP contribution in [0.15, 0.2) is 47.4 Å². The van der Waals surface area contributed by atoms with Crippen molar-refractivity contribution in [1.82, 2.24) is 4.31 Å². The number of carbonyl (C=O) groups excluding carboxylic acids is 1. The highest BCUT2D eigenvalue weighted by molar-refractivity contribution is 7.89. The summed E-state index contributed by atoms with van der Waals surface area (Å²) in [5, 5.41) is 2.70. The van der Waals surface area contributed by atoms with Crippen molar-refractivity contribution >= 4 is 21.6 Å². The molecule has 0 spiro atoms. The van der Waals surface area contributed by atoms with Gasteiger partial charge in [-0.15, -0.1) is 0 Å². The van der Waals surface area contributed by atoms with Crippen molar-refractivity contribution in [3.8, 4) is 11.5 Å². The molecule has 0 saturated carbocycles. The Morgan fingerprint density at radius 1 is 1.07 bits per heavy atom. The first-order chi connectivity index (χ1) is 12.8. The second-order valence-electron chi connectivity index (χ2n) is 5.98. The van der Waals surface area contributed by atoms with E-state index in [1.54, 1.807) is 31.2 Å². The normalized spacial score (nSPS) is 11.3. The van der Waals surface area contributed by atoms with E-state index in [4.69, 9.17) is 9.47 Å². The highest BCUT2D eigenvalue weighted by Gasteiger charge is 2.19. The Labute approximate surface area is 160 Å². The summed E-state index contributed by atoms with van der Waals surface area (Å²) in [6, 6.07) is 11.7. The standard InChI is InChI=1S/C19H24N2O5S/c1-5-25-17-8-6-7-9-18(17)26-13-19(22)20-16-12-15(11-10-14(16)2)27(23,24)21(3)4/h6-12H,5,13H2,1-4H3,(H,20,22). The number of nitrogens with one attached hydrogen (secondary N) is 1. The third-order valence-corrected chi connectivity index (χ3v) is 5.58. The van der Waals surface area contributed by atoms with Crippen LogP contribution in [0, 0.1) is 6.92 Å². The first kappa shape index (κ1) is 20.7. The number of aryl methyl sites for hydroxylation is 1. The minimum atomic E-state index is -3.58. The first-order valence-electron chi connectivity index (χ1n) is 8.43. The highest BCUT2D eigenvalue weighted by Crippen LogP contribution is 2.26. The summed E-state index contributed by atoms with van der Waals surface area (Å²) in [6.45, 7) is 3.90. The largest absolute Gasteiger partial charge is 0.490 e. The van der Waals surface area contributed by atoms with Crippen molar-refractivity contribution in [3.63, 3.8) is 0 Å². The fourth-order valence-corrected chi connectivity index (χ4v) is 3.21. The van der Waals surface area contributed by atoms with Gasteiger partial charge in [-0.2, -0.15) is 0 Å². The maximum absolute atomic E-state index is 12.3. The molecule has 0 fully saturated rings. The van der Waals surface area contributed by atoms with E-state index < -0.39 is 15.9 Å². The summed E-state index contributed by atoms with van der Waals surface area (Å²) in [7, 11) is -0.674. The van der Waals surface area contributed by atoms with Crippen molar-refractivity contribution < 1.29 is 22.7 Å². The molecule has 0 unspecified atom stereocenters. The lowest BCUT2D eigenvalue weighted by molar-refractivity contribution is -0.118. The quantitative estimate of drug-likeness (QED) is 0.747. The number of para-hydroxylation sites is 2. The summed E-state index contributed by atoms with van der Waals surface area (Å²) in [4.78, 5) is 12.4. The summed E-state index contributed by atoms with van der Waals surface area (Å²) < 4.78 is 36.6. The lowest BCUT2D eigenvalue weighted by atomic mass is 10.2. The first-order valence-corrected chi connectivity index (χ1v) is 9.87. The maximum atomic E-state index is 12.3. The van der Waals surface area contributed by atoms with Gasteiger partial charge in [-0.25, -0.2) is 12.7 Å². The molecule has 0 atom stereocenters. The summed E-state index contributed by atoms with van der Waals surface area (Å²) in [5.41, 5.74) is 1.17. The van der Waals surface area contributed by atoms with Crippen molar-refractivity contribution in [2.24, 2.45) is 0 Å². The van der Waals surface area contributed by atoms with E-state index in [1.165, 1.54) is 26.2 Å². The molecule has 0 saturated heterocycles. The molecule has 8 heteroatoms. The number of benzene rings is 2. The van der Waals surface area contributed by atoms with Crippen molar-refractivity contribution in [1.29, 1.82) is 0 Å². The van der Waals surface area contributed by atoms with Gasteiger partial charge in [0.2, 0.25) is 10.0 Å². The maximum Gasteiger partial charge on any atom is 0.262 e. The predicted octanol–water partition coefficient (Wildman–Crippen LogP) is 2.66. The topological polar surface area (TPSA) is 84.9 Å². The highest BCUT2D eigenvalue weighted by atomic mass is 32.2. The van der Waals surface area contributed by atoms with E-state index in [9.17, 15) is 13.2 Å². The average molecular weight is 392 g/mol. The zero-order valence-electron chi connectivity index (χ0n) is 15.9. The number of nitrogens with zero attached hydrogens (tertiary/aromatic N) is 1. The molecule has 0 aliphatic heterocycles.